The highest BCUT2D eigenvalue weighted by Crippen LogP contribution is 2.32. The lowest BCUT2D eigenvalue weighted by Gasteiger charge is -2.33. The molecule has 0 radical (unpaired) electrons. The van der Waals surface area contributed by atoms with Crippen molar-refractivity contribution in [3.8, 4) is 22.6 Å². The minimum Gasteiger partial charge on any atom is -0.504 e. The maximum Gasteiger partial charge on any atom is 0.410 e. The summed E-state index contributed by atoms with van der Waals surface area (Å²) >= 11 is 0. The summed E-state index contributed by atoms with van der Waals surface area (Å²) in [6.07, 6.45) is 5.22. The molecule has 1 saturated heterocycles. The van der Waals surface area contributed by atoms with E-state index in [4.69, 9.17) is 9.47 Å². The second-order valence-electron chi connectivity index (χ2n) is 7.79. The Balaban J connectivity index is 1.64. The van der Waals surface area contributed by atoms with E-state index in [0.29, 0.717) is 18.8 Å². The first-order valence-electron chi connectivity index (χ1n) is 9.16. The SMILES string of the molecule is COc1cc(-c2cnn(C3CCN(C(=O)OC(C)(C)C)CC3)c2)ccc1O. The van der Waals surface area contributed by atoms with E-state index in [1.54, 1.807) is 17.0 Å². The molecule has 0 unspecified atom stereocenters. The fraction of sp³-hybridized carbons (Fsp3) is 0.500. The summed E-state index contributed by atoms with van der Waals surface area (Å²) in [5.41, 5.74) is 1.42. The average molecular weight is 373 g/mol. The summed E-state index contributed by atoms with van der Waals surface area (Å²) in [5, 5.41) is 14.2. The summed E-state index contributed by atoms with van der Waals surface area (Å²) in [7, 11) is 1.53. The van der Waals surface area contributed by atoms with Gasteiger partial charge in [-0.1, -0.05) is 6.07 Å². The average Bonchev–Trinajstić information content (AvgIpc) is 3.11. The van der Waals surface area contributed by atoms with E-state index in [1.807, 2.05) is 43.9 Å². The summed E-state index contributed by atoms with van der Waals surface area (Å²) in [5.74, 6) is 0.550. The maximum absolute atomic E-state index is 12.2. The van der Waals surface area contributed by atoms with E-state index >= 15 is 0 Å². The molecule has 2 aromatic rings. The zero-order chi connectivity index (χ0) is 19.6. The van der Waals surface area contributed by atoms with Crippen molar-refractivity contribution in [3.05, 3.63) is 30.6 Å². The minimum atomic E-state index is -0.476. The predicted octanol–water partition coefficient (Wildman–Crippen LogP) is 3.84. The van der Waals surface area contributed by atoms with Gasteiger partial charge in [0.05, 0.1) is 19.3 Å². The zero-order valence-corrected chi connectivity index (χ0v) is 16.3. The first-order valence-corrected chi connectivity index (χ1v) is 9.16. The number of carbonyl (C=O) groups is 1. The quantitative estimate of drug-likeness (QED) is 0.885. The lowest BCUT2D eigenvalue weighted by atomic mass is 10.1. The molecule has 27 heavy (non-hydrogen) atoms. The van der Waals surface area contributed by atoms with Crippen molar-refractivity contribution < 1.29 is 19.4 Å². The number of phenolic OH excluding ortho intramolecular Hbond substituents is 1. The van der Waals surface area contributed by atoms with Gasteiger partial charge in [0, 0.05) is 24.8 Å². The van der Waals surface area contributed by atoms with Gasteiger partial charge in [0.15, 0.2) is 11.5 Å². The smallest absolute Gasteiger partial charge is 0.410 e. The Morgan fingerprint density at radius 1 is 1.22 bits per heavy atom. The Kier molecular flexibility index (Phi) is 5.30. The number of benzene rings is 1. The van der Waals surface area contributed by atoms with Gasteiger partial charge in [-0.15, -0.1) is 0 Å². The number of methoxy groups -OCH3 is 1. The molecule has 0 spiro atoms. The number of nitrogens with zero attached hydrogens (tertiary/aromatic N) is 3. The van der Waals surface area contributed by atoms with Crippen LogP contribution in [0.5, 0.6) is 11.5 Å². The van der Waals surface area contributed by atoms with E-state index < -0.39 is 5.60 Å². The fourth-order valence-corrected chi connectivity index (χ4v) is 3.18. The molecular formula is C20H27N3O4. The number of piperidine rings is 1. The van der Waals surface area contributed by atoms with Crippen LogP contribution in [-0.2, 0) is 4.74 Å². The zero-order valence-electron chi connectivity index (χ0n) is 16.3. The molecule has 1 amide bonds. The van der Waals surface area contributed by atoms with Crippen LogP contribution in [0.25, 0.3) is 11.1 Å². The van der Waals surface area contributed by atoms with Crippen LogP contribution in [0.3, 0.4) is 0 Å². The van der Waals surface area contributed by atoms with E-state index in [1.165, 1.54) is 7.11 Å². The van der Waals surface area contributed by atoms with Gasteiger partial charge in [0.25, 0.3) is 0 Å². The van der Waals surface area contributed by atoms with Gasteiger partial charge in [-0.05, 0) is 51.3 Å². The van der Waals surface area contributed by atoms with Crippen LogP contribution in [0.15, 0.2) is 30.6 Å². The number of aromatic nitrogens is 2. The Bertz CT molecular complexity index is 802. The number of hydrogen-bond donors (Lipinski definition) is 1. The number of carbonyl (C=O) groups excluding carboxylic acids is 1. The largest absolute Gasteiger partial charge is 0.504 e. The predicted molar refractivity (Wildman–Crippen MR) is 102 cm³/mol. The number of hydrogen-bond acceptors (Lipinski definition) is 5. The fourth-order valence-electron chi connectivity index (χ4n) is 3.18. The molecule has 3 rings (SSSR count). The summed E-state index contributed by atoms with van der Waals surface area (Å²) in [6.45, 7) is 6.94. The molecule has 1 N–H and O–H groups in total. The van der Waals surface area contributed by atoms with Crippen molar-refractivity contribution in [3.63, 3.8) is 0 Å². The summed E-state index contributed by atoms with van der Waals surface area (Å²) in [4.78, 5) is 13.9. The van der Waals surface area contributed by atoms with Gasteiger partial charge in [-0.25, -0.2) is 4.79 Å². The lowest BCUT2D eigenvalue weighted by Crippen LogP contribution is -2.42. The molecule has 1 aromatic carbocycles. The van der Waals surface area contributed by atoms with Crippen molar-refractivity contribution in [2.24, 2.45) is 0 Å². The molecule has 0 bridgehead atoms. The van der Waals surface area contributed by atoms with Crippen LogP contribution in [0.2, 0.25) is 0 Å². The molecule has 0 atom stereocenters. The molecule has 7 nitrogen and oxygen atoms in total. The van der Waals surface area contributed by atoms with Crippen LogP contribution in [-0.4, -0.2) is 51.7 Å². The van der Waals surface area contributed by atoms with Crippen LogP contribution in [0.1, 0.15) is 39.7 Å². The lowest BCUT2D eigenvalue weighted by molar-refractivity contribution is 0.0185. The normalized spacial score (nSPS) is 15.6. The monoisotopic (exact) mass is 373 g/mol. The Morgan fingerprint density at radius 2 is 1.93 bits per heavy atom. The molecule has 2 heterocycles. The Labute approximate surface area is 159 Å². The number of ether oxygens (including phenoxy) is 2. The molecular weight excluding hydrogens is 346 g/mol. The van der Waals surface area contributed by atoms with Gasteiger partial charge in [0.1, 0.15) is 5.60 Å². The molecule has 1 aliphatic heterocycles. The summed E-state index contributed by atoms with van der Waals surface area (Å²) in [6, 6.07) is 5.49. The standard InChI is InChI=1S/C20H27N3O4/c1-20(2,3)27-19(25)22-9-7-16(8-10-22)23-13-15(12-21-23)14-5-6-17(24)18(11-14)26-4/h5-6,11-13,16,24H,7-10H2,1-4H3. The highest BCUT2D eigenvalue weighted by molar-refractivity contribution is 5.68. The number of aromatic hydroxyl groups is 1. The molecule has 0 saturated carbocycles. The van der Waals surface area contributed by atoms with Crippen molar-refractivity contribution >= 4 is 6.09 Å². The second kappa shape index (κ2) is 7.50. The van der Waals surface area contributed by atoms with E-state index in [-0.39, 0.29) is 17.9 Å². The number of rotatable bonds is 3. The Morgan fingerprint density at radius 3 is 2.56 bits per heavy atom. The third kappa shape index (κ3) is 4.53. The van der Waals surface area contributed by atoms with E-state index in [2.05, 4.69) is 5.10 Å². The maximum atomic E-state index is 12.2. The molecule has 146 valence electrons. The van der Waals surface area contributed by atoms with Gasteiger partial charge in [-0.3, -0.25) is 4.68 Å². The summed E-state index contributed by atoms with van der Waals surface area (Å²) < 4.78 is 12.6. The number of amides is 1. The highest BCUT2D eigenvalue weighted by atomic mass is 16.6. The van der Waals surface area contributed by atoms with Crippen LogP contribution in [0.4, 0.5) is 4.79 Å². The first kappa shape index (κ1) is 19.1. The van der Waals surface area contributed by atoms with Crippen molar-refractivity contribution in [1.82, 2.24) is 14.7 Å². The van der Waals surface area contributed by atoms with Crippen LogP contribution >= 0.6 is 0 Å². The van der Waals surface area contributed by atoms with E-state index in [0.717, 1.165) is 24.0 Å². The first-order chi connectivity index (χ1) is 12.8. The van der Waals surface area contributed by atoms with Crippen LogP contribution < -0.4 is 4.74 Å². The van der Waals surface area contributed by atoms with Crippen LogP contribution in [0, 0.1) is 0 Å². The third-order valence-corrected chi connectivity index (χ3v) is 4.60. The molecule has 1 fully saturated rings. The minimum absolute atomic E-state index is 0.114. The highest BCUT2D eigenvalue weighted by Gasteiger charge is 2.27. The second-order valence-corrected chi connectivity index (χ2v) is 7.79. The van der Waals surface area contributed by atoms with Crippen molar-refractivity contribution in [1.29, 1.82) is 0 Å². The number of likely N-dealkylation sites (tertiary alicyclic amines) is 1. The van der Waals surface area contributed by atoms with Gasteiger partial charge < -0.3 is 19.5 Å². The molecule has 1 aliphatic rings. The molecule has 1 aromatic heterocycles. The molecule has 7 heteroatoms. The van der Waals surface area contributed by atoms with Crippen molar-refractivity contribution in [2.75, 3.05) is 20.2 Å². The van der Waals surface area contributed by atoms with Gasteiger partial charge >= 0.3 is 6.09 Å². The topological polar surface area (TPSA) is 76.8 Å². The van der Waals surface area contributed by atoms with Gasteiger partial charge in [-0.2, -0.15) is 5.10 Å². The Hall–Kier alpha value is -2.70. The third-order valence-electron chi connectivity index (χ3n) is 4.60. The molecule has 0 aliphatic carbocycles. The van der Waals surface area contributed by atoms with Gasteiger partial charge in [0.2, 0.25) is 0 Å². The van der Waals surface area contributed by atoms with Crippen molar-refractivity contribution in [2.45, 2.75) is 45.3 Å². The van der Waals surface area contributed by atoms with E-state index in [9.17, 15) is 9.90 Å². The number of phenols is 1.